The quantitative estimate of drug-likeness (QED) is 0.520. The molecular formula is C23H24N6O2. The van der Waals surface area contributed by atoms with Crippen molar-refractivity contribution in [3.05, 3.63) is 71.1 Å². The summed E-state index contributed by atoms with van der Waals surface area (Å²) in [7, 11) is 1.67. The number of piperidine rings is 1. The van der Waals surface area contributed by atoms with Crippen molar-refractivity contribution >= 4 is 22.7 Å². The van der Waals surface area contributed by atoms with E-state index in [0.29, 0.717) is 23.0 Å². The number of benzene rings is 2. The van der Waals surface area contributed by atoms with Gasteiger partial charge in [0.1, 0.15) is 11.1 Å². The Morgan fingerprint density at radius 3 is 2.68 bits per heavy atom. The minimum Gasteiger partial charge on any atom is -0.497 e. The maximum absolute atomic E-state index is 12.7. The molecule has 1 aliphatic heterocycles. The zero-order valence-corrected chi connectivity index (χ0v) is 17.3. The van der Waals surface area contributed by atoms with Crippen LogP contribution in [0, 0.1) is 0 Å². The number of nitrogens with one attached hydrogen (secondary N) is 2. The van der Waals surface area contributed by atoms with Gasteiger partial charge in [0.2, 0.25) is 5.95 Å². The molecule has 2 aromatic heterocycles. The average molecular weight is 416 g/mol. The SMILES string of the molecule is COc1cccc(NC2CCN(c3nc4c(cnn4-c4ccccc4)c(=O)[nH]3)CC2)c1. The van der Waals surface area contributed by atoms with Gasteiger partial charge in [0.25, 0.3) is 5.56 Å². The number of methoxy groups -OCH3 is 1. The Kier molecular flexibility index (Phi) is 5.03. The Morgan fingerprint density at radius 2 is 1.90 bits per heavy atom. The van der Waals surface area contributed by atoms with Crippen LogP contribution >= 0.6 is 0 Å². The van der Waals surface area contributed by atoms with E-state index < -0.39 is 0 Å². The lowest BCUT2D eigenvalue weighted by Crippen LogP contribution is -2.40. The largest absolute Gasteiger partial charge is 0.497 e. The number of rotatable bonds is 5. The summed E-state index contributed by atoms with van der Waals surface area (Å²) in [4.78, 5) is 22.5. The molecule has 3 heterocycles. The van der Waals surface area contributed by atoms with Crippen LogP contribution in [0.4, 0.5) is 11.6 Å². The summed E-state index contributed by atoms with van der Waals surface area (Å²) >= 11 is 0. The number of hydrogen-bond donors (Lipinski definition) is 2. The highest BCUT2D eigenvalue weighted by Crippen LogP contribution is 2.23. The monoisotopic (exact) mass is 416 g/mol. The number of hydrogen-bond acceptors (Lipinski definition) is 6. The lowest BCUT2D eigenvalue weighted by molar-refractivity contribution is 0.415. The van der Waals surface area contributed by atoms with E-state index in [4.69, 9.17) is 9.72 Å². The lowest BCUT2D eigenvalue weighted by Gasteiger charge is -2.33. The van der Waals surface area contributed by atoms with Crippen molar-refractivity contribution in [2.45, 2.75) is 18.9 Å². The first kappa shape index (κ1) is 19.2. The molecule has 8 nitrogen and oxygen atoms in total. The Hall–Kier alpha value is -3.81. The first-order chi connectivity index (χ1) is 15.2. The highest BCUT2D eigenvalue weighted by molar-refractivity contribution is 5.76. The molecule has 2 N–H and O–H groups in total. The van der Waals surface area contributed by atoms with E-state index >= 15 is 0 Å². The second-order valence-electron chi connectivity index (χ2n) is 7.66. The van der Waals surface area contributed by atoms with E-state index in [-0.39, 0.29) is 5.56 Å². The Morgan fingerprint density at radius 1 is 1.10 bits per heavy atom. The molecule has 1 aliphatic rings. The molecule has 0 aliphatic carbocycles. The van der Waals surface area contributed by atoms with Crippen molar-refractivity contribution in [3.8, 4) is 11.4 Å². The van der Waals surface area contributed by atoms with Gasteiger partial charge in [-0.3, -0.25) is 9.78 Å². The van der Waals surface area contributed by atoms with Gasteiger partial charge in [0.05, 0.1) is 19.0 Å². The minimum absolute atomic E-state index is 0.168. The third-order valence-corrected chi connectivity index (χ3v) is 5.66. The normalized spacial score (nSPS) is 14.7. The van der Waals surface area contributed by atoms with E-state index in [2.05, 4.69) is 20.3 Å². The van der Waals surface area contributed by atoms with Crippen LogP contribution in [0.3, 0.4) is 0 Å². The van der Waals surface area contributed by atoms with Crippen molar-refractivity contribution in [1.82, 2.24) is 19.7 Å². The van der Waals surface area contributed by atoms with Crippen LogP contribution in [0.1, 0.15) is 12.8 Å². The van der Waals surface area contributed by atoms with Crippen LogP contribution in [0.15, 0.2) is 65.6 Å². The smallest absolute Gasteiger partial charge is 0.263 e. The maximum Gasteiger partial charge on any atom is 0.263 e. The van der Waals surface area contributed by atoms with Crippen molar-refractivity contribution in [2.75, 3.05) is 30.4 Å². The highest BCUT2D eigenvalue weighted by Gasteiger charge is 2.22. The molecule has 1 saturated heterocycles. The Labute approximate surface area is 179 Å². The zero-order chi connectivity index (χ0) is 21.2. The minimum atomic E-state index is -0.168. The predicted molar refractivity (Wildman–Crippen MR) is 121 cm³/mol. The lowest BCUT2D eigenvalue weighted by atomic mass is 10.0. The molecule has 0 radical (unpaired) electrons. The molecule has 0 amide bonds. The van der Waals surface area contributed by atoms with Gasteiger partial charge >= 0.3 is 0 Å². The molecule has 158 valence electrons. The fourth-order valence-electron chi connectivity index (χ4n) is 4.00. The molecule has 31 heavy (non-hydrogen) atoms. The molecule has 1 fully saturated rings. The van der Waals surface area contributed by atoms with Gasteiger partial charge in [-0.05, 0) is 37.1 Å². The topological polar surface area (TPSA) is 88.1 Å². The third kappa shape index (κ3) is 3.84. The first-order valence-corrected chi connectivity index (χ1v) is 10.4. The summed E-state index contributed by atoms with van der Waals surface area (Å²) in [5.41, 5.74) is 2.33. The highest BCUT2D eigenvalue weighted by atomic mass is 16.5. The summed E-state index contributed by atoms with van der Waals surface area (Å²) in [5, 5.41) is 8.45. The molecule has 5 rings (SSSR count). The molecule has 0 bridgehead atoms. The third-order valence-electron chi connectivity index (χ3n) is 5.66. The number of fused-ring (bicyclic) bond motifs is 1. The number of H-pyrrole nitrogens is 1. The number of aromatic nitrogens is 4. The predicted octanol–water partition coefficient (Wildman–Crippen LogP) is 3.20. The van der Waals surface area contributed by atoms with Crippen LogP contribution in [-0.2, 0) is 0 Å². The first-order valence-electron chi connectivity index (χ1n) is 10.4. The van der Waals surface area contributed by atoms with E-state index in [1.54, 1.807) is 18.0 Å². The number of ether oxygens (including phenoxy) is 1. The van der Waals surface area contributed by atoms with Gasteiger partial charge in [-0.2, -0.15) is 10.1 Å². The van der Waals surface area contributed by atoms with Gasteiger partial charge < -0.3 is 15.0 Å². The second-order valence-corrected chi connectivity index (χ2v) is 7.66. The molecule has 0 saturated carbocycles. The summed E-state index contributed by atoms with van der Waals surface area (Å²) in [6.07, 6.45) is 3.45. The molecule has 0 atom stereocenters. The number of aromatic amines is 1. The van der Waals surface area contributed by atoms with Gasteiger partial charge in [0, 0.05) is 30.9 Å². The van der Waals surface area contributed by atoms with Gasteiger partial charge in [-0.25, -0.2) is 4.68 Å². The molecule has 8 heteroatoms. The summed E-state index contributed by atoms with van der Waals surface area (Å²) < 4.78 is 7.02. The average Bonchev–Trinajstić information content (AvgIpc) is 3.25. The van der Waals surface area contributed by atoms with Gasteiger partial charge in [-0.15, -0.1) is 0 Å². The van der Waals surface area contributed by atoms with Crippen LogP contribution in [0.5, 0.6) is 5.75 Å². The standard InChI is InChI=1S/C23H24N6O2/c1-31-19-9-5-6-17(14-19)25-16-10-12-28(13-11-16)23-26-21-20(22(30)27-23)15-24-29(21)18-7-3-2-4-8-18/h2-9,14-16,25H,10-13H2,1H3,(H,26,27,30). The van der Waals surface area contributed by atoms with E-state index in [0.717, 1.165) is 43.1 Å². The summed E-state index contributed by atoms with van der Waals surface area (Å²) in [5.74, 6) is 1.43. The number of nitrogens with zero attached hydrogens (tertiary/aromatic N) is 4. The van der Waals surface area contributed by atoms with Gasteiger partial charge in [0.15, 0.2) is 5.65 Å². The Balaban J connectivity index is 1.34. The molecular weight excluding hydrogens is 392 g/mol. The summed E-state index contributed by atoms with van der Waals surface area (Å²) in [6.45, 7) is 1.60. The van der Waals surface area contributed by atoms with Crippen molar-refractivity contribution in [1.29, 1.82) is 0 Å². The van der Waals surface area contributed by atoms with Crippen LogP contribution in [-0.4, -0.2) is 46.0 Å². The second kappa shape index (κ2) is 8.14. The number of para-hydroxylation sites is 1. The van der Waals surface area contributed by atoms with E-state index in [1.807, 2.05) is 54.6 Å². The van der Waals surface area contributed by atoms with Crippen LogP contribution in [0.25, 0.3) is 16.7 Å². The number of anilines is 2. The van der Waals surface area contributed by atoms with Gasteiger partial charge in [-0.1, -0.05) is 24.3 Å². The summed E-state index contributed by atoms with van der Waals surface area (Å²) in [6, 6.07) is 18.1. The van der Waals surface area contributed by atoms with Crippen molar-refractivity contribution in [3.63, 3.8) is 0 Å². The maximum atomic E-state index is 12.7. The molecule has 0 unspecified atom stereocenters. The molecule has 2 aromatic carbocycles. The van der Waals surface area contributed by atoms with Crippen molar-refractivity contribution < 1.29 is 4.74 Å². The molecule has 4 aromatic rings. The fourth-order valence-corrected chi connectivity index (χ4v) is 4.00. The van der Waals surface area contributed by atoms with Crippen LogP contribution in [0.2, 0.25) is 0 Å². The van der Waals surface area contributed by atoms with Crippen molar-refractivity contribution in [2.24, 2.45) is 0 Å². The van der Waals surface area contributed by atoms with E-state index in [9.17, 15) is 4.79 Å². The Bertz CT molecular complexity index is 1240. The molecule has 0 spiro atoms. The van der Waals surface area contributed by atoms with E-state index in [1.165, 1.54) is 0 Å². The van der Waals surface area contributed by atoms with Crippen LogP contribution < -0.4 is 20.5 Å². The zero-order valence-electron chi connectivity index (χ0n) is 17.3. The fraction of sp³-hybridized carbons (Fsp3) is 0.261.